The number of carbonyl (C=O) groups excluding carboxylic acids is 1. The van der Waals surface area contributed by atoms with E-state index in [2.05, 4.69) is 39.4 Å². The molecule has 4 nitrogen and oxygen atoms in total. The van der Waals surface area contributed by atoms with Crippen LogP contribution in [0.4, 0.5) is 14.5 Å². The van der Waals surface area contributed by atoms with Gasteiger partial charge in [0.2, 0.25) is 5.91 Å². The third-order valence-corrected chi connectivity index (χ3v) is 6.33. The second kappa shape index (κ2) is 9.56. The lowest BCUT2D eigenvalue weighted by atomic mass is 9.95. The van der Waals surface area contributed by atoms with Gasteiger partial charge >= 0.3 is 0 Å². The van der Waals surface area contributed by atoms with Crippen LogP contribution in [-0.4, -0.2) is 43.5 Å². The standard InChI is InChI=1S/C24H29F2N3O/c25-22-7-6-21(14-23(22)26)29-13-8-19(17-29)15-27-24(30)20-9-11-28(12-10-20)16-18-4-2-1-3-5-18/h1-7,14,19-20H,8-13,15-17H2,(H,27,30)/t19-/m1/s1. The molecule has 2 aromatic rings. The summed E-state index contributed by atoms with van der Waals surface area (Å²) in [6.45, 7) is 5.02. The zero-order valence-corrected chi connectivity index (χ0v) is 17.2. The van der Waals surface area contributed by atoms with E-state index in [0.29, 0.717) is 18.2 Å². The molecule has 2 aromatic carbocycles. The number of hydrogen-bond donors (Lipinski definition) is 1. The van der Waals surface area contributed by atoms with Crippen LogP contribution in [0.5, 0.6) is 0 Å². The highest BCUT2D eigenvalue weighted by molar-refractivity contribution is 5.78. The van der Waals surface area contributed by atoms with Crippen molar-refractivity contribution in [1.29, 1.82) is 0 Å². The molecule has 2 heterocycles. The van der Waals surface area contributed by atoms with Gasteiger partial charge in [0.05, 0.1) is 0 Å². The number of piperidine rings is 1. The molecule has 0 bridgehead atoms. The summed E-state index contributed by atoms with van der Waals surface area (Å²) in [5, 5.41) is 3.13. The number of nitrogens with zero attached hydrogens (tertiary/aromatic N) is 2. The van der Waals surface area contributed by atoms with Crippen molar-refractivity contribution in [1.82, 2.24) is 10.2 Å². The van der Waals surface area contributed by atoms with Crippen molar-refractivity contribution in [3.05, 3.63) is 65.7 Å². The van der Waals surface area contributed by atoms with Crippen molar-refractivity contribution in [2.45, 2.75) is 25.8 Å². The summed E-state index contributed by atoms with van der Waals surface area (Å²) in [4.78, 5) is 17.1. The molecule has 1 N–H and O–H groups in total. The molecule has 0 saturated carbocycles. The van der Waals surface area contributed by atoms with Gasteiger partial charge < -0.3 is 10.2 Å². The molecule has 1 atom stereocenters. The normalized spacial score (nSPS) is 20.5. The molecular weight excluding hydrogens is 384 g/mol. The van der Waals surface area contributed by atoms with E-state index in [1.54, 1.807) is 6.07 Å². The first-order valence-corrected chi connectivity index (χ1v) is 10.8. The fourth-order valence-electron chi connectivity index (χ4n) is 4.50. The Labute approximate surface area is 176 Å². The van der Waals surface area contributed by atoms with Gasteiger partial charge in [0.15, 0.2) is 11.6 Å². The van der Waals surface area contributed by atoms with Crippen LogP contribution in [0.15, 0.2) is 48.5 Å². The van der Waals surface area contributed by atoms with Crippen LogP contribution in [0.25, 0.3) is 0 Å². The topological polar surface area (TPSA) is 35.6 Å². The summed E-state index contributed by atoms with van der Waals surface area (Å²) in [5.41, 5.74) is 2.01. The fraction of sp³-hybridized carbons (Fsp3) is 0.458. The third-order valence-electron chi connectivity index (χ3n) is 6.33. The van der Waals surface area contributed by atoms with Crippen molar-refractivity contribution < 1.29 is 13.6 Å². The lowest BCUT2D eigenvalue weighted by Crippen LogP contribution is -2.41. The van der Waals surface area contributed by atoms with Gasteiger partial charge in [-0.05, 0) is 56.0 Å². The van der Waals surface area contributed by atoms with Crippen molar-refractivity contribution in [2.75, 3.05) is 37.6 Å². The molecule has 4 rings (SSSR count). The molecule has 0 radical (unpaired) electrons. The third kappa shape index (κ3) is 5.17. The Hall–Kier alpha value is -2.47. The Kier molecular flexibility index (Phi) is 6.62. The van der Waals surface area contributed by atoms with E-state index in [4.69, 9.17) is 0 Å². The number of anilines is 1. The first-order chi connectivity index (χ1) is 14.6. The quantitative estimate of drug-likeness (QED) is 0.782. The molecule has 1 amide bonds. The largest absolute Gasteiger partial charge is 0.371 e. The summed E-state index contributed by atoms with van der Waals surface area (Å²) >= 11 is 0. The van der Waals surface area contributed by atoms with Crippen molar-refractivity contribution >= 4 is 11.6 Å². The molecule has 30 heavy (non-hydrogen) atoms. The lowest BCUT2D eigenvalue weighted by Gasteiger charge is -2.31. The number of nitrogens with one attached hydrogen (secondary N) is 1. The lowest BCUT2D eigenvalue weighted by molar-refractivity contribution is -0.126. The first kappa shape index (κ1) is 20.8. The van der Waals surface area contributed by atoms with Gasteiger partial charge in [-0.25, -0.2) is 8.78 Å². The van der Waals surface area contributed by atoms with Crippen LogP contribution in [0, 0.1) is 23.5 Å². The number of likely N-dealkylation sites (tertiary alicyclic amines) is 1. The van der Waals surface area contributed by atoms with Crippen LogP contribution in [0.3, 0.4) is 0 Å². The molecule has 2 saturated heterocycles. The maximum Gasteiger partial charge on any atom is 0.223 e. The van der Waals surface area contributed by atoms with E-state index in [0.717, 1.165) is 52.0 Å². The van der Waals surface area contributed by atoms with E-state index >= 15 is 0 Å². The number of rotatable bonds is 6. The van der Waals surface area contributed by atoms with Gasteiger partial charge in [-0.2, -0.15) is 0 Å². The highest BCUT2D eigenvalue weighted by Crippen LogP contribution is 2.25. The summed E-state index contributed by atoms with van der Waals surface area (Å²) in [6, 6.07) is 14.5. The number of carbonyl (C=O) groups is 1. The Bertz CT molecular complexity index is 853. The van der Waals surface area contributed by atoms with E-state index in [-0.39, 0.29) is 11.8 Å². The summed E-state index contributed by atoms with van der Waals surface area (Å²) < 4.78 is 26.6. The molecule has 0 spiro atoms. The highest BCUT2D eigenvalue weighted by atomic mass is 19.2. The van der Waals surface area contributed by atoms with E-state index in [1.165, 1.54) is 17.7 Å². The van der Waals surface area contributed by atoms with E-state index in [9.17, 15) is 13.6 Å². The fourth-order valence-corrected chi connectivity index (χ4v) is 4.50. The van der Waals surface area contributed by atoms with Crippen LogP contribution in [0.2, 0.25) is 0 Å². The van der Waals surface area contributed by atoms with E-state index in [1.807, 2.05) is 6.07 Å². The maximum absolute atomic E-state index is 13.5. The highest BCUT2D eigenvalue weighted by Gasteiger charge is 2.27. The van der Waals surface area contributed by atoms with Crippen LogP contribution < -0.4 is 10.2 Å². The van der Waals surface area contributed by atoms with Crippen molar-refractivity contribution in [3.8, 4) is 0 Å². The van der Waals surface area contributed by atoms with Crippen LogP contribution >= 0.6 is 0 Å². The minimum Gasteiger partial charge on any atom is -0.371 e. The second-order valence-electron chi connectivity index (χ2n) is 8.48. The van der Waals surface area contributed by atoms with Crippen LogP contribution in [0.1, 0.15) is 24.8 Å². The minimum atomic E-state index is -0.823. The molecule has 0 unspecified atom stereocenters. The Morgan fingerprint density at radius 2 is 1.73 bits per heavy atom. The van der Waals surface area contributed by atoms with Gasteiger partial charge in [-0.3, -0.25) is 9.69 Å². The van der Waals surface area contributed by atoms with Gasteiger partial charge in [0.1, 0.15) is 0 Å². The number of hydrogen-bond acceptors (Lipinski definition) is 3. The van der Waals surface area contributed by atoms with Crippen LogP contribution in [-0.2, 0) is 11.3 Å². The predicted molar refractivity (Wildman–Crippen MR) is 114 cm³/mol. The van der Waals surface area contributed by atoms with Gasteiger partial charge in [-0.15, -0.1) is 0 Å². The second-order valence-corrected chi connectivity index (χ2v) is 8.48. The SMILES string of the molecule is O=C(NC[C@H]1CCN(c2ccc(F)c(F)c2)C1)C1CCN(Cc2ccccc2)CC1. The zero-order valence-electron chi connectivity index (χ0n) is 17.2. The summed E-state index contributed by atoms with van der Waals surface area (Å²) in [7, 11) is 0. The summed E-state index contributed by atoms with van der Waals surface area (Å²) in [6.07, 6.45) is 2.73. The molecule has 2 fully saturated rings. The maximum atomic E-state index is 13.5. The van der Waals surface area contributed by atoms with Crippen molar-refractivity contribution in [2.24, 2.45) is 11.8 Å². The number of halogens is 2. The zero-order chi connectivity index (χ0) is 20.9. The Balaban J connectivity index is 1.19. The van der Waals surface area contributed by atoms with Gasteiger partial charge in [0.25, 0.3) is 0 Å². The van der Waals surface area contributed by atoms with Crippen molar-refractivity contribution in [3.63, 3.8) is 0 Å². The molecular formula is C24H29F2N3O. The molecule has 160 valence electrons. The molecule has 2 aliphatic rings. The molecule has 6 heteroatoms. The molecule has 2 aliphatic heterocycles. The number of benzene rings is 2. The smallest absolute Gasteiger partial charge is 0.223 e. The number of amides is 1. The predicted octanol–water partition coefficient (Wildman–Crippen LogP) is 3.82. The average molecular weight is 414 g/mol. The first-order valence-electron chi connectivity index (χ1n) is 10.8. The summed E-state index contributed by atoms with van der Waals surface area (Å²) in [5.74, 6) is -1.07. The molecule has 0 aromatic heterocycles. The van der Waals surface area contributed by atoms with Gasteiger partial charge in [0, 0.05) is 43.9 Å². The Morgan fingerprint density at radius 3 is 2.47 bits per heavy atom. The average Bonchev–Trinajstić information content (AvgIpc) is 3.24. The molecule has 0 aliphatic carbocycles. The minimum absolute atomic E-state index is 0.0840. The Morgan fingerprint density at radius 1 is 0.967 bits per heavy atom. The van der Waals surface area contributed by atoms with Gasteiger partial charge in [-0.1, -0.05) is 30.3 Å². The monoisotopic (exact) mass is 413 g/mol. The van der Waals surface area contributed by atoms with E-state index < -0.39 is 11.6 Å².